The van der Waals surface area contributed by atoms with Gasteiger partial charge < -0.3 is 24.7 Å². The number of likely N-dealkylation sites (tertiary alicyclic amines) is 1. The number of benzene rings is 2. The third kappa shape index (κ3) is 4.78. The first-order valence-electron chi connectivity index (χ1n) is 12.4. The van der Waals surface area contributed by atoms with Gasteiger partial charge in [-0.15, -0.1) is 11.3 Å². The quantitative estimate of drug-likeness (QED) is 0.322. The molecular formula is C28H32N4O3S. The summed E-state index contributed by atoms with van der Waals surface area (Å²) in [5.74, 6) is 2.04. The lowest BCUT2D eigenvalue weighted by Gasteiger charge is -2.32. The maximum atomic E-state index is 12.6. The topological polar surface area (TPSA) is 79.5 Å². The second-order valence-electron chi connectivity index (χ2n) is 9.05. The van der Waals surface area contributed by atoms with Gasteiger partial charge in [-0.2, -0.15) is 0 Å². The lowest BCUT2D eigenvalue weighted by molar-refractivity contribution is -0.130. The monoisotopic (exact) mass is 504 g/mol. The van der Waals surface area contributed by atoms with Crippen molar-refractivity contribution in [1.29, 1.82) is 0 Å². The lowest BCUT2D eigenvalue weighted by atomic mass is 9.88. The van der Waals surface area contributed by atoms with Crippen LogP contribution in [-0.2, 0) is 11.2 Å². The third-order valence-electron chi connectivity index (χ3n) is 7.10. The molecule has 1 fully saturated rings. The van der Waals surface area contributed by atoms with E-state index < -0.39 is 0 Å². The largest absolute Gasteiger partial charge is 0.493 e. The number of carbonyl (C=O) groups excluding carboxylic acids is 1. The molecule has 2 aromatic heterocycles. The highest BCUT2D eigenvalue weighted by atomic mass is 32.1. The van der Waals surface area contributed by atoms with Gasteiger partial charge in [0.15, 0.2) is 16.6 Å². The first-order valence-corrected chi connectivity index (χ1v) is 13.3. The van der Waals surface area contributed by atoms with E-state index in [0.717, 1.165) is 65.8 Å². The summed E-state index contributed by atoms with van der Waals surface area (Å²) in [6.07, 6.45) is 4.61. The molecule has 1 amide bonds. The van der Waals surface area contributed by atoms with Crippen LogP contribution < -0.4 is 14.8 Å². The summed E-state index contributed by atoms with van der Waals surface area (Å²) in [4.78, 5) is 22.4. The first kappa shape index (κ1) is 24.2. The SMILES string of the molecule is CCc1c(-c2ccc(OC)c(OC)c2)[nH]c2ccc(C3CCN(C(=O)CNc4nccs4)CC3)cc12. The van der Waals surface area contributed by atoms with Gasteiger partial charge in [-0.3, -0.25) is 4.79 Å². The Bertz CT molecular complexity index is 1340. The van der Waals surface area contributed by atoms with Crippen LogP contribution in [0.4, 0.5) is 5.13 Å². The van der Waals surface area contributed by atoms with Crippen LogP contribution in [0.15, 0.2) is 48.0 Å². The Kier molecular flexibility index (Phi) is 7.13. The number of nitrogens with one attached hydrogen (secondary N) is 2. The van der Waals surface area contributed by atoms with Crippen molar-refractivity contribution in [2.24, 2.45) is 0 Å². The van der Waals surface area contributed by atoms with E-state index in [-0.39, 0.29) is 5.91 Å². The fourth-order valence-corrected chi connectivity index (χ4v) is 5.69. The van der Waals surface area contributed by atoms with E-state index in [4.69, 9.17) is 9.47 Å². The Morgan fingerprint density at radius 1 is 1.14 bits per heavy atom. The molecule has 36 heavy (non-hydrogen) atoms. The number of amides is 1. The summed E-state index contributed by atoms with van der Waals surface area (Å²) in [7, 11) is 3.32. The van der Waals surface area contributed by atoms with Gasteiger partial charge >= 0.3 is 0 Å². The van der Waals surface area contributed by atoms with Crippen molar-refractivity contribution in [3.63, 3.8) is 0 Å². The van der Waals surface area contributed by atoms with Crippen molar-refractivity contribution in [3.8, 4) is 22.8 Å². The Morgan fingerprint density at radius 2 is 1.94 bits per heavy atom. The van der Waals surface area contributed by atoms with E-state index in [0.29, 0.717) is 12.5 Å². The molecule has 2 aromatic carbocycles. The molecule has 8 heteroatoms. The Morgan fingerprint density at radius 3 is 2.64 bits per heavy atom. The smallest absolute Gasteiger partial charge is 0.241 e. The molecule has 7 nitrogen and oxygen atoms in total. The number of aromatic amines is 1. The van der Waals surface area contributed by atoms with Gasteiger partial charge in [-0.1, -0.05) is 13.0 Å². The number of fused-ring (bicyclic) bond motifs is 1. The van der Waals surface area contributed by atoms with Crippen molar-refractivity contribution in [2.45, 2.75) is 32.1 Å². The number of aromatic nitrogens is 2. The van der Waals surface area contributed by atoms with E-state index in [2.05, 4.69) is 46.5 Å². The van der Waals surface area contributed by atoms with Crippen LogP contribution in [0.1, 0.15) is 36.8 Å². The number of anilines is 1. The van der Waals surface area contributed by atoms with E-state index in [9.17, 15) is 4.79 Å². The molecule has 1 saturated heterocycles. The van der Waals surface area contributed by atoms with Gasteiger partial charge in [0.05, 0.1) is 20.8 Å². The lowest BCUT2D eigenvalue weighted by Crippen LogP contribution is -2.40. The number of hydrogen-bond acceptors (Lipinski definition) is 6. The maximum absolute atomic E-state index is 12.6. The van der Waals surface area contributed by atoms with Crippen molar-refractivity contribution >= 4 is 33.3 Å². The van der Waals surface area contributed by atoms with Crippen molar-refractivity contribution in [1.82, 2.24) is 14.9 Å². The minimum Gasteiger partial charge on any atom is -0.493 e. The van der Waals surface area contributed by atoms with E-state index >= 15 is 0 Å². The molecule has 1 aliphatic rings. The summed E-state index contributed by atoms with van der Waals surface area (Å²) >= 11 is 1.51. The molecule has 0 saturated carbocycles. The van der Waals surface area contributed by atoms with Gasteiger partial charge in [0.25, 0.3) is 0 Å². The normalized spacial score (nSPS) is 14.2. The number of thiazole rings is 1. The molecule has 0 atom stereocenters. The van der Waals surface area contributed by atoms with Gasteiger partial charge in [-0.25, -0.2) is 4.98 Å². The summed E-state index contributed by atoms with van der Waals surface area (Å²) in [6.45, 7) is 4.06. The minimum absolute atomic E-state index is 0.137. The van der Waals surface area contributed by atoms with Crippen molar-refractivity contribution in [2.75, 3.05) is 39.2 Å². The van der Waals surface area contributed by atoms with Crippen LogP contribution in [0.2, 0.25) is 0 Å². The molecule has 0 aliphatic carbocycles. The Hall–Kier alpha value is -3.52. The van der Waals surface area contributed by atoms with Crippen LogP contribution >= 0.6 is 11.3 Å². The average Bonchev–Trinajstić information content (AvgIpc) is 3.58. The molecule has 4 aromatic rings. The van der Waals surface area contributed by atoms with Gasteiger partial charge in [0.2, 0.25) is 5.91 Å². The second kappa shape index (κ2) is 10.6. The standard InChI is InChI=1S/C28H32N4O3S/c1-4-21-22-15-19(18-9-12-32(13-10-18)26(33)17-30-28-29-11-14-36-28)5-7-23(22)31-27(21)20-6-8-24(34-2)25(16-20)35-3/h5-8,11,14-16,18,31H,4,9-10,12-13,17H2,1-3H3,(H,29,30). The molecule has 2 N–H and O–H groups in total. The number of nitrogens with zero attached hydrogens (tertiary/aromatic N) is 2. The van der Waals surface area contributed by atoms with Crippen LogP contribution in [-0.4, -0.2) is 54.6 Å². The zero-order valence-corrected chi connectivity index (χ0v) is 21.8. The first-order chi connectivity index (χ1) is 17.6. The number of carbonyl (C=O) groups is 1. The summed E-state index contributed by atoms with van der Waals surface area (Å²) in [5, 5.41) is 7.09. The number of ether oxygens (including phenoxy) is 2. The maximum Gasteiger partial charge on any atom is 0.241 e. The number of rotatable bonds is 8. The molecule has 0 bridgehead atoms. The van der Waals surface area contributed by atoms with E-state index in [1.165, 1.54) is 27.8 Å². The van der Waals surface area contributed by atoms with E-state index in [1.807, 2.05) is 22.4 Å². The number of hydrogen-bond donors (Lipinski definition) is 2. The number of piperidine rings is 1. The second-order valence-corrected chi connectivity index (χ2v) is 9.95. The van der Waals surface area contributed by atoms with Gasteiger partial charge in [0.1, 0.15) is 0 Å². The highest BCUT2D eigenvalue weighted by Crippen LogP contribution is 2.38. The van der Waals surface area contributed by atoms with Crippen molar-refractivity contribution < 1.29 is 14.3 Å². The fraction of sp³-hybridized carbons (Fsp3) is 0.357. The molecule has 5 rings (SSSR count). The molecule has 1 aliphatic heterocycles. The summed E-state index contributed by atoms with van der Waals surface area (Å²) in [6, 6.07) is 12.8. The van der Waals surface area contributed by atoms with Crippen molar-refractivity contribution in [3.05, 3.63) is 59.1 Å². The predicted molar refractivity (Wildman–Crippen MR) is 145 cm³/mol. The highest BCUT2D eigenvalue weighted by Gasteiger charge is 2.24. The fourth-order valence-electron chi connectivity index (χ4n) is 5.16. The van der Waals surface area contributed by atoms with Gasteiger partial charge in [-0.05, 0) is 66.6 Å². The minimum atomic E-state index is 0.137. The van der Waals surface area contributed by atoms with Crippen LogP contribution in [0, 0.1) is 0 Å². The average molecular weight is 505 g/mol. The third-order valence-corrected chi connectivity index (χ3v) is 7.83. The Labute approximate surface area is 215 Å². The summed E-state index contributed by atoms with van der Waals surface area (Å²) in [5.41, 5.74) is 6.00. The van der Waals surface area contributed by atoms with E-state index in [1.54, 1.807) is 20.4 Å². The number of aryl methyl sites for hydroxylation is 1. The Balaban J connectivity index is 1.32. The zero-order valence-electron chi connectivity index (χ0n) is 21.0. The van der Waals surface area contributed by atoms with Gasteiger partial charge in [0, 0.05) is 46.8 Å². The highest BCUT2D eigenvalue weighted by molar-refractivity contribution is 7.13. The molecule has 188 valence electrons. The molecular weight excluding hydrogens is 472 g/mol. The van der Waals surface area contributed by atoms with Crippen LogP contribution in [0.25, 0.3) is 22.2 Å². The molecule has 0 spiro atoms. The summed E-state index contributed by atoms with van der Waals surface area (Å²) < 4.78 is 10.9. The molecule has 0 radical (unpaired) electrons. The number of H-pyrrole nitrogens is 1. The predicted octanol–water partition coefficient (Wildman–Crippen LogP) is 5.69. The molecule has 3 heterocycles. The molecule has 0 unspecified atom stereocenters. The number of methoxy groups -OCH3 is 2. The van der Waals surface area contributed by atoms with Crippen LogP contribution in [0.3, 0.4) is 0 Å². The zero-order chi connectivity index (χ0) is 25.1. The van der Waals surface area contributed by atoms with Crippen LogP contribution in [0.5, 0.6) is 11.5 Å².